The zero-order valence-electron chi connectivity index (χ0n) is 10.4. The molecule has 1 atom stereocenters. The Morgan fingerprint density at radius 3 is 2.42 bits per heavy atom. The Labute approximate surface area is 111 Å². The molecule has 0 aliphatic heterocycles. The lowest BCUT2D eigenvalue weighted by molar-refractivity contribution is 0.276. The zero-order valence-corrected chi connectivity index (χ0v) is 10.4. The molecule has 0 aliphatic carbocycles. The second kappa shape index (κ2) is 6.20. The number of halogens is 1. The Bertz CT molecular complexity index is 528. The summed E-state index contributed by atoms with van der Waals surface area (Å²) in [5.74, 6) is 0.196. The van der Waals surface area contributed by atoms with Crippen molar-refractivity contribution in [2.24, 2.45) is 5.73 Å². The molecule has 3 nitrogen and oxygen atoms in total. The predicted molar refractivity (Wildman–Crippen MR) is 71.8 cm³/mol. The Hall–Kier alpha value is -2.07. The van der Waals surface area contributed by atoms with Crippen molar-refractivity contribution in [1.82, 2.24) is 0 Å². The SMILES string of the molecule is NCC(COc1ccccc1O)c1ccc(F)cc1. The lowest BCUT2D eigenvalue weighted by Crippen LogP contribution is -2.19. The average Bonchev–Trinajstić information content (AvgIpc) is 2.43. The molecule has 19 heavy (non-hydrogen) atoms. The van der Waals surface area contributed by atoms with Crippen molar-refractivity contribution in [1.29, 1.82) is 0 Å². The molecule has 0 fully saturated rings. The van der Waals surface area contributed by atoms with E-state index in [0.29, 0.717) is 18.9 Å². The van der Waals surface area contributed by atoms with Crippen molar-refractivity contribution in [2.45, 2.75) is 5.92 Å². The van der Waals surface area contributed by atoms with Crippen LogP contribution in [0, 0.1) is 5.82 Å². The largest absolute Gasteiger partial charge is 0.504 e. The second-order valence-electron chi connectivity index (χ2n) is 4.26. The zero-order chi connectivity index (χ0) is 13.7. The van der Waals surface area contributed by atoms with Gasteiger partial charge in [0.25, 0.3) is 0 Å². The van der Waals surface area contributed by atoms with Crippen LogP contribution in [0.15, 0.2) is 48.5 Å². The molecule has 0 spiro atoms. The minimum absolute atomic E-state index is 0.0415. The van der Waals surface area contributed by atoms with Gasteiger partial charge in [-0.1, -0.05) is 24.3 Å². The number of nitrogens with two attached hydrogens (primary N) is 1. The highest BCUT2D eigenvalue weighted by Crippen LogP contribution is 2.26. The van der Waals surface area contributed by atoms with E-state index in [1.165, 1.54) is 12.1 Å². The summed E-state index contributed by atoms with van der Waals surface area (Å²) in [5, 5.41) is 9.60. The quantitative estimate of drug-likeness (QED) is 0.870. The van der Waals surface area contributed by atoms with Crippen LogP contribution in [0.3, 0.4) is 0 Å². The molecule has 0 amide bonds. The van der Waals surface area contributed by atoms with Gasteiger partial charge in [0.15, 0.2) is 11.5 Å². The van der Waals surface area contributed by atoms with E-state index in [4.69, 9.17) is 10.5 Å². The normalized spacial score (nSPS) is 12.1. The van der Waals surface area contributed by atoms with Gasteiger partial charge in [0.05, 0.1) is 6.61 Å². The molecule has 2 aromatic rings. The van der Waals surface area contributed by atoms with E-state index in [-0.39, 0.29) is 17.5 Å². The van der Waals surface area contributed by atoms with Gasteiger partial charge in [-0.2, -0.15) is 0 Å². The summed E-state index contributed by atoms with van der Waals surface area (Å²) in [6, 6.07) is 12.9. The van der Waals surface area contributed by atoms with Crippen molar-refractivity contribution in [3.63, 3.8) is 0 Å². The van der Waals surface area contributed by atoms with Gasteiger partial charge in [-0.25, -0.2) is 4.39 Å². The van der Waals surface area contributed by atoms with E-state index in [1.807, 2.05) is 0 Å². The van der Waals surface area contributed by atoms with E-state index < -0.39 is 0 Å². The van der Waals surface area contributed by atoms with Crippen LogP contribution < -0.4 is 10.5 Å². The third-order valence-corrected chi connectivity index (χ3v) is 2.93. The molecule has 0 saturated carbocycles. The van der Waals surface area contributed by atoms with Crippen LogP contribution in [0.5, 0.6) is 11.5 Å². The van der Waals surface area contributed by atoms with Crippen LogP contribution in [0.1, 0.15) is 11.5 Å². The van der Waals surface area contributed by atoms with Crippen molar-refractivity contribution >= 4 is 0 Å². The maximum absolute atomic E-state index is 12.9. The molecular weight excluding hydrogens is 245 g/mol. The standard InChI is InChI=1S/C15H16FNO2/c16-13-7-5-11(6-8-13)12(9-17)10-19-15-4-2-1-3-14(15)18/h1-8,12,18H,9-10,17H2. The smallest absolute Gasteiger partial charge is 0.160 e. The molecule has 0 radical (unpaired) electrons. The van der Waals surface area contributed by atoms with Crippen LogP contribution in [0.25, 0.3) is 0 Å². The minimum Gasteiger partial charge on any atom is -0.504 e. The van der Waals surface area contributed by atoms with Gasteiger partial charge in [0, 0.05) is 12.5 Å². The minimum atomic E-state index is -0.277. The molecule has 100 valence electrons. The van der Waals surface area contributed by atoms with Gasteiger partial charge in [-0.15, -0.1) is 0 Å². The average molecular weight is 261 g/mol. The molecule has 0 bridgehead atoms. The van der Waals surface area contributed by atoms with E-state index in [1.54, 1.807) is 36.4 Å². The number of hydrogen-bond donors (Lipinski definition) is 2. The molecule has 1 unspecified atom stereocenters. The molecule has 4 heteroatoms. The Morgan fingerprint density at radius 2 is 1.79 bits per heavy atom. The van der Waals surface area contributed by atoms with Crippen molar-refractivity contribution in [2.75, 3.05) is 13.2 Å². The number of ether oxygens (including phenoxy) is 1. The number of para-hydroxylation sites is 2. The van der Waals surface area contributed by atoms with Crippen molar-refractivity contribution in [3.05, 3.63) is 59.9 Å². The first-order chi connectivity index (χ1) is 9.20. The highest BCUT2D eigenvalue weighted by atomic mass is 19.1. The highest BCUT2D eigenvalue weighted by Gasteiger charge is 2.12. The maximum Gasteiger partial charge on any atom is 0.160 e. The Morgan fingerprint density at radius 1 is 1.11 bits per heavy atom. The summed E-state index contributed by atoms with van der Waals surface area (Å²) in [6.45, 7) is 0.721. The van der Waals surface area contributed by atoms with Crippen LogP contribution >= 0.6 is 0 Å². The van der Waals surface area contributed by atoms with Crippen LogP contribution in [-0.2, 0) is 0 Å². The van der Waals surface area contributed by atoms with E-state index in [2.05, 4.69) is 0 Å². The molecular formula is C15H16FNO2. The summed E-state index contributed by atoms with van der Waals surface area (Å²) < 4.78 is 18.4. The Kier molecular flexibility index (Phi) is 4.36. The van der Waals surface area contributed by atoms with Crippen molar-refractivity contribution < 1.29 is 14.2 Å². The number of benzene rings is 2. The van der Waals surface area contributed by atoms with E-state index in [9.17, 15) is 9.50 Å². The molecule has 0 aromatic heterocycles. The van der Waals surface area contributed by atoms with Crippen LogP contribution in [0.2, 0.25) is 0 Å². The molecule has 2 aromatic carbocycles. The molecule has 3 N–H and O–H groups in total. The summed E-state index contributed by atoms with van der Waals surface area (Å²) in [5.41, 5.74) is 6.62. The predicted octanol–water partition coefficient (Wildman–Crippen LogP) is 2.65. The summed E-state index contributed by atoms with van der Waals surface area (Å²) >= 11 is 0. The molecule has 0 saturated heterocycles. The summed E-state index contributed by atoms with van der Waals surface area (Å²) in [6.07, 6.45) is 0. The first-order valence-corrected chi connectivity index (χ1v) is 6.07. The third-order valence-electron chi connectivity index (χ3n) is 2.93. The molecule has 2 rings (SSSR count). The van der Waals surface area contributed by atoms with Gasteiger partial charge in [-0.05, 0) is 29.8 Å². The second-order valence-corrected chi connectivity index (χ2v) is 4.26. The molecule has 0 aliphatic rings. The number of hydrogen-bond acceptors (Lipinski definition) is 3. The van der Waals surface area contributed by atoms with Gasteiger partial charge in [0.1, 0.15) is 5.82 Å². The number of phenolic OH excluding ortho intramolecular Hbond substituents is 1. The fourth-order valence-electron chi connectivity index (χ4n) is 1.80. The van der Waals surface area contributed by atoms with Gasteiger partial charge in [0.2, 0.25) is 0 Å². The summed E-state index contributed by atoms with van der Waals surface area (Å²) in [4.78, 5) is 0. The lowest BCUT2D eigenvalue weighted by atomic mass is 10.0. The van der Waals surface area contributed by atoms with Crippen LogP contribution in [0.4, 0.5) is 4.39 Å². The third kappa shape index (κ3) is 3.45. The lowest BCUT2D eigenvalue weighted by Gasteiger charge is -2.16. The van der Waals surface area contributed by atoms with Gasteiger partial charge in [-0.3, -0.25) is 0 Å². The number of rotatable bonds is 5. The first kappa shape index (κ1) is 13.4. The van der Waals surface area contributed by atoms with Gasteiger partial charge >= 0.3 is 0 Å². The highest BCUT2D eigenvalue weighted by molar-refractivity contribution is 5.38. The fraction of sp³-hybridized carbons (Fsp3) is 0.200. The number of phenols is 1. The fourth-order valence-corrected chi connectivity index (χ4v) is 1.80. The first-order valence-electron chi connectivity index (χ1n) is 6.07. The topological polar surface area (TPSA) is 55.5 Å². The summed E-state index contributed by atoms with van der Waals surface area (Å²) in [7, 11) is 0. The van der Waals surface area contributed by atoms with E-state index >= 15 is 0 Å². The van der Waals surface area contributed by atoms with Gasteiger partial charge < -0.3 is 15.6 Å². The molecule has 0 heterocycles. The monoisotopic (exact) mass is 261 g/mol. The Balaban J connectivity index is 2.04. The number of aromatic hydroxyl groups is 1. The maximum atomic E-state index is 12.9. The van der Waals surface area contributed by atoms with E-state index in [0.717, 1.165) is 5.56 Å². The van der Waals surface area contributed by atoms with Crippen LogP contribution in [-0.4, -0.2) is 18.3 Å². The van der Waals surface area contributed by atoms with Crippen molar-refractivity contribution in [3.8, 4) is 11.5 Å².